The largest absolute Gasteiger partial charge is 0.395 e. The number of pyridine rings is 2. The van der Waals surface area contributed by atoms with Crippen LogP contribution in [0.3, 0.4) is 0 Å². The molecule has 0 radical (unpaired) electrons. The number of hydrogen-bond donors (Lipinski definition) is 2. The number of nitrogens with zero attached hydrogens (tertiary/aromatic N) is 3. The highest BCUT2D eigenvalue weighted by Gasteiger charge is 2.05. The van der Waals surface area contributed by atoms with Gasteiger partial charge in [0.1, 0.15) is 6.07 Å². The van der Waals surface area contributed by atoms with E-state index in [-0.39, 0.29) is 0 Å². The second-order valence-electron chi connectivity index (χ2n) is 3.89. The summed E-state index contributed by atoms with van der Waals surface area (Å²) in [5.74, 6) is 0.523. The fourth-order valence-electron chi connectivity index (χ4n) is 1.50. The van der Waals surface area contributed by atoms with Crippen molar-refractivity contribution >= 4 is 11.5 Å². The van der Waals surface area contributed by atoms with Crippen LogP contribution >= 0.6 is 0 Å². The van der Waals surface area contributed by atoms with Gasteiger partial charge in [0.05, 0.1) is 11.3 Å². The predicted molar refractivity (Wildman–Crippen MR) is 69.7 cm³/mol. The molecule has 18 heavy (non-hydrogen) atoms. The Balaban J connectivity index is 2.11. The lowest BCUT2D eigenvalue weighted by Crippen LogP contribution is -2.06. The lowest BCUT2D eigenvalue weighted by molar-refractivity contribution is 1.07. The number of nitrogens with one attached hydrogen (secondary N) is 1. The fraction of sp³-hybridized carbons (Fsp3) is 0.154. The molecule has 0 unspecified atom stereocenters. The molecule has 5 nitrogen and oxygen atoms in total. The Morgan fingerprint density at radius 3 is 2.83 bits per heavy atom. The van der Waals surface area contributed by atoms with Gasteiger partial charge in [0.15, 0.2) is 5.82 Å². The second-order valence-corrected chi connectivity index (χ2v) is 3.89. The molecule has 0 atom stereocenters. The van der Waals surface area contributed by atoms with Crippen molar-refractivity contribution in [1.82, 2.24) is 9.97 Å². The van der Waals surface area contributed by atoms with Gasteiger partial charge in [-0.05, 0) is 24.6 Å². The van der Waals surface area contributed by atoms with Gasteiger partial charge in [-0.1, -0.05) is 6.07 Å². The van der Waals surface area contributed by atoms with Gasteiger partial charge in [-0.25, -0.2) is 4.98 Å². The first-order valence-electron chi connectivity index (χ1n) is 5.50. The maximum Gasteiger partial charge on any atom is 0.150 e. The summed E-state index contributed by atoms with van der Waals surface area (Å²) in [6, 6.07) is 7.54. The number of hydrogen-bond acceptors (Lipinski definition) is 5. The molecule has 0 saturated heterocycles. The van der Waals surface area contributed by atoms with E-state index >= 15 is 0 Å². The quantitative estimate of drug-likeness (QED) is 0.853. The van der Waals surface area contributed by atoms with Gasteiger partial charge >= 0.3 is 0 Å². The van der Waals surface area contributed by atoms with E-state index in [0.717, 1.165) is 11.3 Å². The zero-order chi connectivity index (χ0) is 13.0. The van der Waals surface area contributed by atoms with Crippen molar-refractivity contribution in [2.24, 2.45) is 0 Å². The van der Waals surface area contributed by atoms with Crippen LogP contribution in [0.5, 0.6) is 0 Å². The van der Waals surface area contributed by atoms with Crippen LogP contribution in [0.15, 0.2) is 30.6 Å². The Morgan fingerprint density at radius 2 is 2.17 bits per heavy atom. The summed E-state index contributed by atoms with van der Waals surface area (Å²) < 4.78 is 0. The third-order valence-corrected chi connectivity index (χ3v) is 2.54. The van der Waals surface area contributed by atoms with Gasteiger partial charge in [0, 0.05) is 24.6 Å². The van der Waals surface area contributed by atoms with E-state index in [1.165, 1.54) is 0 Å². The number of nitrogen functional groups attached to an aromatic ring is 1. The normalized spacial score (nSPS) is 9.78. The van der Waals surface area contributed by atoms with Gasteiger partial charge in [-0.15, -0.1) is 0 Å². The Labute approximate surface area is 105 Å². The summed E-state index contributed by atoms with van der Waals surface area (Å²) in [6.45, 7) is 2.51. The average Bonchev–Trinajstić information content (AvgIpc) is 2.39. The van der Waals surface area contributed by atoms with Crippen LogP contribution < -0.4 is 11.1 Å². The Morgan fingerprint density at radius 1 is 1.33 bits per heavy atom. The van der Waals surface area contributed by atoms with Crippen molar-refractivity contribution in [3.63, 3.8) is 0 Å². The minimum absolute atomic E-state index is 0.375. The fourth-order valence-corrected chi connectivity index (χ4v) is 1.50. The van der Waals surface area contributed by atoms with E-state index in [4.69, 9.17) is 11.0 Å². The SMILES string of the molecule is Cc1ccc(CNc2nccc(C#N)c2N)cn1. The van der Waals surface area contributed by atoms with E-state index in [2.05, 4.69) is 15.3 Å². The number of aromatic nitrogens is 2. The van der Waals surface area contributed by atoms with Crippen LogP contribution in [0, 0.1) is 18.3 Å². The third kappa shape index (κ3) is 2.55. The summed E-state index contributed by atoms with van der Waals surface area (Å²) in [5, 5.41) is 12.0. The van der Waals surface area contributed by atoms with Crippen molar-refractivity contribution in [3.05, 3.63) is 47.4 Å². The topological polar surface area (TPSA) is 87.6 Å². The molecule has 2 rings (SSSR count). The van der Waals surface area contributed by atoms with Gasteiger partial charge in [0.25, 0.3) is 0 Å². The van der Waals surface area contributed by atoms with Crippen LogP contribution in [0.2, 0.25) is 0 Å². The summed E-state index contributed by atoms with van der Waals surface area (Å²) in [4.78, 5) is 8.32. The summed E-state index contributed by atoms with van der Waals surface area (Å²) in [6.07, 6.45) is 3.36. The molecule has 0 spiro atoms. The van der Waals surface area contributed by atoms with Crippen LogP contribution in [-0.2, 0) is 6.54 Å². The molecule has 2 aromatic heterocycles. The molecule has 0 aliphatic heterocycles. The Bertz CT molecular complexity index is 583. The molecule has 0 saturated carbocycles. The summed E-state index contributed by atoms with van der Waals surface area (Å²) in [5.41, 5.74) is 8.63. The molecule has 2 aromatic rings. The first kappa shape index (κ1) is 11.9. The standard InChI is InChI=1S/C13H13N5/c1-9-2-3-10(7-17-9)8-18-13-12(15)11(6-14)4-5-16-13/h2-5,7H,8,15H2,1H3,(H,16,18). The van der Waals surface area contributed by atoms with E-state index in [0.29, 0.717) is 23.6 Å². The van der Waals surface area contributed by atoms with Crippen LogP contribution in [0.4, 0.5) is 11.5 Å². The zero-order valence-electron chi connectivity index (χ0n) is 10.0. The number of anilines is 2. The highest BCUT2D eigenvalue weighted by Crippen LogP contribution is 2.19. The van der Waals surface area contributed by atoms with Gasteiger partial charge in [-0.2, -0.15) is 5.26 Å². The number of rotatable bonds is 3. The first-order chi connectivity index (χ1) is 8.70. The summed E-state index contributed by atoms with van der Waals surface area (Å²) >= 11 is 0. The zero-order valence-corrected chi connectivity index (χ0v) is 10.0. The molecule has 5 heteroatoms. The van der Waals surface area contributed by atoms with Crippen LogP contribution in [0.1, 0.15) is 16.8 Å². The molecule has 0 fully saturated rings. The monoisotopic (exact) mass is 239 g/mol. The predicted octanol–water partition coefficient (Wildman–Crippen LogP) is 1.85. The van der Waals surface area contributed by atoms with Gasteiger partial charge < -0.3 is 11.1 Å². The molecular formula is C13H13N5. The van der Waals surface area contributed by atoms with Gasteiger partial charge in [-0.3, -0.25) is 4.98 Å². The third-order valence-electron chi connectivity index (χ3n) is 2.54. The van der Waals surface area contributed by atoms with Crippen molar-refractivity contribution < 1.29 is 0 Å². The van der Waals surface area contributed by atoms with E-state index in [9.17, 15) is 0 Å². The van der Waals surface area contributed by atoms with Crippen molar-refractivity contribution in [1.29, 1.82) is 5.26 Å². The minimum Gasteiger partial charge on any atom is -0.395 e. The molecule has 3 N–H and O–H groups in total. The molecule has 90 valence electrons. The van der Waals surface area contributed by atoms with Gasteiger partial charge in [0.2, 0.25) is 0 Å². The maximum absolute atomic E-state index is 8.86. The van der Waals surface area contributed by atoms with Crippen LogP contribution in [0.25, 0.3) is 0 Å². The maximum atomic E-state index is 8.86. The van der Waals surface area contributed by atoms with E-state index in [1.54, 1.807) is 18.5 Å². The lowest BCUT2D eigenvalue weighted by atomic mass is 10.2. The van der Waals surface area contributed by atoms with Crippen molar-refractivity contribution in [3.8, 4) is 6.07 Å². The summed E-state index contributed by atoms with van der Waals surface area (Å²) in [7, 11) is 0. The lowest BCUT2D eigenvalue weighted by Gasteiger charge is -2.08. The number of nitriles is 1. The highest BCUT2D eigenvalue weighted by atomic mass is 15.0. The Kier molecular flexibility index (Phi) is 3.39. The first-order valence-corrected chi connectivity index (χ1v) is 5.50. The minimum atomic E-state index is 0.375. The molecule has 0 aliphatic rings. The van der Waals surface area contributed by atoms with Crippen molar-refractivity contribution in [2.45, 2.75) is 13.5 Å². The van der Waals surface area contributed by atoms with Crippen LogP contribution in [-0.4, -0.2) is 9.97 Å². The second kappa shape index (κ2) is 5.15. The molecular weight excluding hydrogens is 226 g/mol. The van der Waals surface area contributed by atoms with E-state index in [1.807, 2.05) is 25.1 Å². The molecule has 0 amide bonds. The van der Waals surface area contributed by atoms with E-state index < -0.39 is 0 Å². The molecule has 0 bridgehead atoms. The number of nitrogens with two attached hydrogens (primary N) is 1. The smallest absolute Gasteiger partial charge is 0.150 e. The molecule has 2 heterocycles. The highest BCUT2D eigenvalue weighted by molar-refractivity contribution is 5.68. The number of aryl methyl sites for hydroxylation is 1. The Hall–Kier alpha value is -2.61. The average molecular weight is 239 g/mol. The van der Waals surface area contributed by atoms with Crippen molar-refractivity contribution in [2.75, 3.05) is 11.1 Å². The molecule has 0 aromatic carbocycles. The molecule has 0 aliphatic carbocycles.